The number of carboxylic acids is 1. The zero-order chi connectivity index (χ0) is 30.1. The van der Waals surface area contributed by atoms with E-state index in [4.69, 9.17) is 16.7 Å². The highest BCUT2D eigenvalue weighted by Crippen LogP contribution is 2.30. The minimum Gasteiger partial charge on any atom is -0.472 e. The largest absolute Gasteiger partial charge is 0.472 e. The molecule has 14 heteroatoms. The first-order chi connectivity index (χ1) is 19.3. The van der Waals surface area contributed by atoms with Crippen molar-refractivity contribution in [2.24, 2.45) is 0 Å². The molecule has 2 N–H and O–H groups in total. The van der Waals surface area contributed by atoms with Crippen LogP contribution in [0, 0.1) is 17.7 Å². The summed E-state index contributed by atoms with van der Waals surface area (Å²) >= 11 is 5.74. The number of carbonyl (C=O) groups excluding carboxylic acids is 3. The molecule has 0 aliphatic carbocycles. The summed E-state index contributed by atoms with van der Waals surface area (Å²) in [6, 6.07) is 6.42. The number of Topliss-reactive ketones (excluding diaryl/α,β-unsaturated/α-hetero) is 1. The SMILES string of the molecule is O=C(O)C#Cc1ccc2c(C(=O)C(F)(F)F)cn(CC(=O)N3C[C@H](F)C[C@H]3C(=O)NCc3cccc(Cl)c3F)c2c1. The number of alkyl halides is 4. The zero-order valence-corrected chi connectivity index (χ0v) is 21.5. The molecule has 4 rings (SSSR count). The van der Waals surface area contributed by atoms with Gasteiger partial charge in [0.25, 0.3) is 5.78 Å². The Bertz CT molecular complexity index is 1620. The van der Waals surface area contributed by atoms with Crippen molar-refractivity contribution >= 4 is 46.1 Å². The smallest absolute Gasteiger partial charge is 0.454 e. The molecule has 0 spiro atoms. The third-order valence-electron chi connectivity index (χ3n) is 6.36. The summed E-state index contributed by atoms with van der Waals surface area (Å²) < 4.78 is 69.3. The quantitative estimate of drug-likeness (QED) is 0.256. The highest BCUT2D eigenvalue weighted by Gasteiger charge is 2.42. The molecule has 3 aromatic rings. The molecule has 0 unspecified atom stereocenters. The van der Waals surface area contributed by atoms with Crippen LogP contribution in [0.15, 0.2) is 42.6 Å². The molecule has 1 fully saturated rings. The first kappa shape index (κ1) is 29.5. The standard InChI is InChI=1S/C27H19ClF5N3O5/c28-19-3-1-2-15(24(19)30)10-34-26(41)21-9-16(29)11-36(21)22(37)13-35-12-18(25(40)27(31,32)33)17-6-4-14(8-20(17)35)5-7-23(38)39/h1-4,6,8,12,16,21H,9-11,13H2,(H,34,41)(H,38,39)/t16-,21+/m1/s1. The Balaban J connectivity index is 1.61. The first-order valence-corrected chi connectivity index (χ1v) is 12.3. The fraction of sp³-hybridized carbons (Fsp3) is 0.259. The number of carbonyl (C=O) groups is 4. The molecule has 2 amide bonds. The number of aliphatic carboxylic acids is 1. The van der Waals surface area contributed by atoms with E-state index in [0.29, 0.717) is 0 Å². The van der Waals surface area contributed by atoms with E-state index in [1.54, 1.807) is 0 Å². The van der Waals surface area contributed by atoms with Crippen molar-refractivity contribution in [2.75, 3.05) is 6.54 Å². The summed E-state index contributed by atoms with van der Waals surface area (Å²) in [6.45, 7) is -1.46. The van der Waals surface area contributed by atoms with E-state index < -0.39 is 66.4 Å². The lowest BCUT2D eigenvalue weighted by atomic mass is 10.1. The van der Waals surface area contributed by atoms with Gasteiger partial charge in [-0.05, 0) is 18.2 Å². The first-order valence-electron chi connectivity index (χ1n) is 11.9. The number of halogens is 6. The van der Waals surface area contributed by atoms with Gasteiger partial charge in [0.05, 0.1) is 22.6 Å². The van der Waals surface area contributed by atoms with E-state index in [1.165, 1.54) is 30.3 Å². The molecular formula is C27H19ClF5N3O5. The normalized spacial score (nSPS) is 16.8. The number of benzene rings is 2. The molecule has 2 heterocycles. The van der Waals surface area contributed by atoms with Gasteiger partial charge < -0.3 is 19.9 Å². The van der Waals surface area contributed by atoms with Crippen molar-refractivity contribution in [1.82, 2.24) is 14.8 Å². The molecule has 2 atom stereocenters. The maximum atomic E-state index is 14.4. The van der Waals surface area contributed by atoms with Crippen LogP contribution in [-0.2, 0) is 27.5 Å². The Labute approximate surface area is 233 Å². The van der Waals surface area contributed by atoms with E-state index in [2.05, 4.69) is 11.2 Å². The van der Waals surface area contributed by atoms with Crippen LogP contribution < -0.4 is 5.32 Å². The number of nitrogens with one attached hydrogen (secondary N) is 1. The van der Waals surface area contributed by atoms with E-state index in [9.17, 15) is 41.1 Å². The second-order valence-corrected chi connectivity index (χ2v) is 9.52. The molecule has 1 saturated heterocycles. The van der Waals surface area contributed by atoms with Gasteiger partial charge in [0.2, 0.25) is 11.8 Å². The van der Waals surface area contributed by atoms with Crippen molar-refractivity contribution in [1.29, 1.82) is 0 Å². The molecule has 1 aromatic heterocycles. The number of fused-ring (bicyclic) bond motifs is 1. The molecule has 41 heavy (non-hydrogen) atoms. The predicted octanol–water partition coefficient (Wildman–Crippen LogP) is 3.87. The van der Waals surface area contributed by atoms with Gasteiger partial charge in [0.15, 0.2) is 0 Å². The Kier molecular flexibility index (Phi) is 8.34. The van der Waals surface area contributed by atoms with E-state index in [1.807, 2.05) is 5.92 Å². The van der Waals surface area contributed by atoms with Gasteiger partial charge in [-0.15, -0.1) is 0 Å². The van der Waals surface area contributed by atoms with Gasteiger partial charge in [0.1, 0.15) is 24.6 Å². The Hall–Kier alpha value is -4.44. The van der Waals surface area contributed by atoms with E-state index in [0.717, 1.165) is 21.7 Å². The Morgan fingerprint density at radius 2 is 1.88 bits per heavy atom. The second-order valence-electron chi connectivity index (χ2n) is 9.11. The van der Waals surface area contributed by atoms with Gasteiger partial charge in [-0.25, -0.2) is 13.6 Å². The lowest BCUT2D eigenvalue weighted by molar-refractivity contribution is -0.139. The highest BCUT2D eigenvalue weighted by molar-refractivity contribution is 6.30. The number of hydrogen-bond donors (Lipinski definition) is 2. The van der Waals surface area contributed by atoms with E-state index >= 15 is 0 Å². The van der Waals surface area contributed by atoms with Crippen molar-refractivity contribution in [3.8, 4) is 11.8 Å². The number of hydrogen-bond acceptors (Lipinski definition) is 4. The molecule has 0 saturated carbocycles. The molecule has 2 aromatic carbocycles. The van der Waals surface area contributed by atoms with Crippen LogP contribution in [-0.4, -0.2) is 63.1 Å². The van der Waals surface area contributed by atoms with E-state index in [-0.39, 0.29) is 40.0 Å². The van der Waals surface area contributed by atoms with Gasteiger partial charge in [0, 0.05) is 41.6 Å². The predicted molar refractivity (Wildman–Crippen MR) is 135 cm³/mol. The van der Waals surface area contributed by atoms with Crippen LogP contribution in [0.1, 0.15) is 27.9 Å². The minimum atomic E-state index is -5.23. The number of rotatable bonds is 6. The Morgan fingerprint density at radius 1 is 1.15 bits per heavy atom. The highest BCUT2D eigenvalue weighted by atomic mass is 35.5. The van der Waals surface area contributed by atoms with Gasteiger partial charge in [-0.1, -0.05) is 35.7 Å². The lowest BCUT2D eigenvalue weighted by Crippen LogP contribution is -2.46. The third-order valence-corrected chi connectivity index (χ3v) is 6.65. The summed E-state index contributed by atoms with van der Waals surface area (Å²) in [7, 11) is 0. The lowest BCUT2D eigenvalue weighted by Gasteiger charge is -2.24. The number of carboxylic acid groups (broad SMARTS) is 1. The van der Waals surface area contributed by atoms with Crippen LogP contribution in [0.2, 0.25) is 5.02 Å². The minimum absolute atomic E-state index is 0.0448. The summed E-state index contributed by atoms with van der Waals surface area (Å²) in [5.74, 6) is -1.86. The van der Waals surface area contributed by atoms with Crippen LogP contribution in [0.3, 0.4) is 0 Å². The fourth-order valence-corrected chi connectivity index (χ4v) is 4.68. The molecule has 0 radical (unpaired) electrons. The number of likely N-dealkylation sites (tertiary alicyclic amines) is 1. The number of aromatic nitrogens is 1. The summed E-state index contributed by atoms with van der Waals surface area (Å²) in [5, 5.41) is 10.9. The van der Waals surface area contributed by atoms with Gasteiger partial charge in [-0.2, -0.15) is 13.2 Å². The van der Waals surface area contributed by atoms with Crippen molar-refractivity contribution in [3.63, 3.8) is 0 Å². The fourth-order valence-electron chi connectivity index (χ4n) is 4.49. The van der Waals surface area contributed by atoms with Gasteiger partial charge in [-0.3, -0.25) is 14.4 Å². The molecule has 214 valence electrons. The Morgan fingerprint density at radius 3 is 2.56 bits per heavy atom. The average Bonchev–Trinajstić information content (AvgIpc) is 3.47. The van der Waals surface area contributed by atoms with Crippen LogP contribution in [0.25, 0.3) is 10.9 Å². The number of amides is 2. The summed E-state index contributed by atoms with van der Waals surface area (Å²) in [5.41, 5.74) is -0.675. The molecule has 1 aliphatic heterocycles. The van der Waals surface area contributed by atoms with Crippen molar-refractivity contribution in [3.05, 3.63) is 70.1 Å². The second kappa shape index (κ2) is 11.6. The monoisotopic (exact) mass is 595 g/mol. The van der Waals surface area contributed by atoms with Gasteiger partial charge >= 0.3 is 12.1 Å². The topological polar surface area (TPSA) is 109 Å². The number of ketones is 1. The molecular weight excluding hydrogens is 577 g/mol. The summed E-state index contributed by atoms with van der Waals surface area (Å²) in [4.78, 5) is 49.9. The third kappa shape index (κ3) is 6.49. The molecule has 0 bridgehead atoms. The van der Waals surface area contributed by atoms with Crippen LogP contribution >= 0.6 is 11.6 Å². The molecule has 8 nitrogen and oxygen atoms in total. The van der Waals surface area contributed by atoms with Crippen LogP contribution in [0.4, 0.5) is 22.0 Å². The van der Waals surface area contributed by atoms with Crippen molar-refractivity contribution < 1.29 is 46.2 Å². The zero-order valence-electron chi connectivity index (χ0n) is 20.8. The number of nitrogens with zero attached hydrogens (tertiary/aromatic N) is 2. The maximum absolute atomic E-state index is 14.4. The van der Waals surface area contributed by atoms with Crippen LogP contribution in [0.5, 0.6) is 0 Å². The van der Waals surface area contributed by atoms with Crippen molar-refractivity contribution in [2.45, 2.75) is 37.9 Å². The average molecular weight is 596 g/mol. The maximum Gasteiger partial charge on any atom is 0.454 e. The summed E-state index contributed by atoms with van der Waals surface area (Å²) in [6.07, 6.45) is -6.37. The molecule has 1 aliphatic rings.